The van der Waals surface area contributed by atoms with Crippen LogP contribution in [0, 0.1) is 0 Å². The molecule has 0 aliphatic heterocycles. The summed E-state index contributed by atoms with van der Waals surface area (Å²) < 4.78 is 28.5. The van der Waals surface area contributed by atoms with Crippen molar-refractivity contribution < 1.29 is 13.2 Å². The van der Waals surface area contributed by atoms with Crippen molar-refractivity contribution in [3.63, 3.8) is 0 Å². The van der Waals surface area contributed by atoms with Gasteiger partial charge in [-0.05, 0) is 48.5 Å². The number of anilines is 2. The molecule has 0 aliphatic rings. The van der Waals surface area contributed by atoms with Crippen molar-refractivity contribution >= 4 is 54.8 Å². The minimum Gasteiger partial charge on any atom is -0.322 e. The first kappa shape index (κ1) is 19.4. The number of hydrogen-bond acceptors (Lipinski definition) is 3. The zero-order valence-corrected chi connectivity index (χ0v) is 17.0. The molecular formula is C19H14BrClN2O3S. The Balaban J connectivity index is 1.84. The first-order chi connectivity index (χ1) is 12.8. The van der Waals surface area contributed by atoms with Crippen molar-refractivity contribution in [1.82, 2.24) is 0 Å². The van der Waals surface area contributed by atoms with Gasteiger partial charge in [0, 0.05) is 15.7 Å². The number of carbonyl (C=O) groups is 1. The maximum absolute atomic E-state index is 12.6. The van der Waals surface area contributed by atoms with Gasteiger partial charge >= 0.3 is 0 Å². The van der Waals surface area contributed by atoms with E-state index < -0.39 is 15.9 Å². The molecular weight excluding hydrogens is 452 g/mol. The van der Waals surface area contributed by atoms with E-state index in [4.69, 9.17) is 11.6 Å². The second kappa shape index (κ2) is 8.12. The molecule has 0 unspecified atom stereocenters. The highest BCUT2D eigenvalue weighted by atomic mass is 79.9. The highest BCUT2D eigenvalue weighted by Crippen LogP contribution is 2.24. The number of sulfonamides is 1. The van der Waals surface area contributed by atoms with E-state index in [0.717, 1.165) is 4.47 Å². The van der Waals surface area contributed by atoms with Gasteiger partial charge in [-0.25, -0.2) is 8.42 Å². The molecule has 0 saturated carbocycles. The summed E-state index contributed by atoms with van der Waals surface area (Å²) in [6, 6.07) is 19.4. The lowest BCUT2D eigenvalue weighted by Gasteiger charge is -2.11. The Kier molecular flexibility index (Phi) is 5.84. The van der Waals surface area contributed by atoms with E-state index in [1.807, 2.05) is 6.07 Å². The van der Waals surface area contributed by atoms with Gasteiger partial charge in [-0.1, -0.05) is 51.8 Å². The smallest absolute Gasteiger partial charge is 0.261 e. The molecule has 0 radical (unpaired) electrons. The molecule has 0 fully saturated rings. The highest BCUT2D eigenvalue weighted by molar-refractivity contribution is 9.10. The van der Waals surface area contributed by atoms with E-state index in [0.29, 0.717) is 5.69 Å². The number of benzene rings is 3. The molecule has 0 bridgehead atoms. The quantitative estimate of drug-likeness (QED) is 0.547. The average molecular weight is 466 g/mol. The van der Waals surface area contributed by atoms with E-state index in [1.165, 1.54) is 18.2 Å². The molecule has 27 heavy (non-hydrogen) atoms. The largest absolute Gasteiger partial charge is 0.322 e. The molecule has 138 valence electrons. The molecule has 0 aliphatic carbocycles. The highest BCUT2D eigenvalue weighted by Gasteiger charge is 2.17. The van der Waals surface area contributed by atoms with Crippen LogP contribution >= 0.6 is 27.5 Å². The van der Waals surface area contributed by atoms with Crippen molar-refractivity contribution in [2.45, 2.75) is 4.90 Å². The van der Waals surface area contributed by atoms with E-state index in [1.54, 1.807) is 48.5 Å². The fourth-order valence-electron chi connectivity index (χ4n) is 2.32. The summed E-state index contributed by atoms with van der Waals surface area (Å²) in [5, 5.41) is 3.01. The maximum Gasteiger partial charge on any atom is 0.261 e. The lowest BCUT2D eigenvalue weighted by molar-refractivity contribution is 0.102. The number of para-hydroxylation sites is 1. The van der Waals surface area contributed by atoms with Crippen molar-refractivity contribution in [3.05, 3.63) is 87.9 Å². The van der Waals surface area contributed by atoms with Gasteiger partial charge in [0.1, 0.15) is 0 Å². The predicted molar refractivity (Wildman–Crippen MR) is 111 cm³/mol. The first-order valence-electron chi connectivity index (χ1n) is 7.79. The molecule has 0 aromatic heterocycles. The lowest BCUT2D eigenvalue weighted by atomic mass is 10.2. The summed E-state index contributed by atoms with van der Waals surface area (Å²) in [4.78, 5) is 12.4. The maximum atomic E-state index is 12.6. The van der Waals surface area contributed by atoms with Crippen LogP contribution in [0.2, 0.25) is 5.02 Å². The Labute approximate surface area is 170 Å². The van der Waals surface area contributed by atoms with Crippen LogP contribution < -0.4 is 10.0 Å². The van der Waals surface area contributed by atoms with Crippen LogP contribution in [0.25, 0.3) is 0 Å². The van der Waals surface area contributed by atoms with Crippen molar-refractivity contribution in [2.75, 3.05) is 10.0 Å². The van der Waals surface area contributed by atoms with Gasteiger partial charge in [-0.3, -0.25) is 9.52 Å². The number of hydrogen-bond donors (Lipinski definition) is 2. The molecule has 8 heteroatoms. The molecule has 0 spiro atoms. The van der Waals surface area contributed by atoms with Gasteiger partial charge in [-0.2, -0.15) is 0 Å². The molecule has 1 amide bonds. The zero-order valence-electron chi connectivity index (χ0n) is 13.8. The third-order valence-corrected chi connectivity index (χ3v) is 5.79. The molecule has 5 nitrogen and oxygen atoms in total. The van der Waals surface area contributed by atoms with Gasteiger partial charge in [-0.15, -0.1) is 0 Å². The Hall–Kier alpha value is -2.35. The number of nitrogens with one attached hydrogen (secondary N) is 2. The summed E-state index contributed by atoms with van der Waals surface area (Å²) in [6.45, 7) is 0. The third-order valence-electron chi connectivity index (χ3n) is 3.61. The Morgan fingerprint density at radius 1 is 0.926 bits per heavy atom. The SMILES string of the molecule is O=C(Nc1cccc(Br)c1)c1cccc(S(=O)(=O)Nc2ccccc2Cl)c1. The number of amides is 1. The second-order valence-corrected chi connectivity index (χ2v) is 8.58. The van der Waals surface area contributed by atoms with Crippen LogP contribution in [0.4, 0.5) is 11.4 Å². The van der Waals surface area contributed by atoms with Crippen molar-refractivity contribution in [1.29, 1.82) is 0 Å². The van der Waals surface area contributed by atoms with Crippen LogP contribution in [0.3, 0.4) is 0 Å². The molecule has 0 atom stereocenters. The summed E-state index contributed by atoms with van der Waals surface area (Å²) in [6.07, 6.45) is 0. The van der Waals surface area contributed by atoms with E-state index in [2.05, 4.69) is 26.0 Å². The average Bonchev–Trinajstić information content (AvgIpc) is 2.64. The van der Waals surface area contributed by atoms with Crippen LogP contribution in [0.15, 0.2) is 82.2 Å². The number of halogens is 2. The summed E-state index contributed by atoms with van der Waals surface area (Å²) in [7, 11) is -3.89. The Morgan fingerprint density at radius 2 is 1.67 bits per heavy atom. The predicted octanol–water partition coefficient (Wildman–Crippen LogP) is 5.16. The van der Waals surface area contributed by atoms with Gasteiger partial charge in [0.25, 0.3) is 15.9 Å². The molecule has 3 rings (SSSR count). The van der Waals surface area contributed by atoms with Crippen LogP contribution in [0.5, 0.6) is 0 Å². The lowest BCUT2D eigenvalue weighted by Crippen LogP contribution is -2.16. The van der Waals surface area contributed by atoms with Gasteiger partial charge < -0.3 is 5.32 Å². The van der Waals surface area contributed by atoms with Crippen molar-refractivity contribution in [2.24, 2.45) is 0 Å². The number of rotatable bonds is 5. The van der Waals surface area contributed by atoms with Gasteiger partial charge in [0.2, 0.25) is 0 Å². The normalized spacial score (nSPS) is 11.0. The second-order valence-electron chi connectivity index (χ2n) is 5.58. The van der Waals surface area contributed by atoms with Gasteiger partial charge in [0.05, 0.1) is 15.6 Å². The Bertz CT molecular complexity index is 1100. The van der Waals surface area contributed by atoms with Crippen LogP contribution in [0.1, 0.15) is 10.4 Å². The van der Waals surface area contributed by atoms with Crippen LogP contribution in [-0.4, -0.2) is 14.3 Å². The van der Waals surface area contributed by atoms with Crippen molar-refractivity contribution in [3.8, 4) is 0 Å². The summed E-state index contributed by atoms with van der Waals surface area (Å²) >= 11 is 9.34. The zero-order chi connectivity index (χ0) is 19.4. The number of carbonyl (C=O) groups excluding carboxylic acids is 1. The molecule has 3 aromatic carbocycles. The van der Waals surface area contributed by atoms with E-state index in [9.17, 15) is 13.2 Å². The fraction of sp³-hybridized carbons (Fsp3) is 0. The van der Waals surface area contributed by atoms with E-state index >= 15 is 0 Å². The monoisotopic (exact) mass is 464 g/mol. The standard InChI is InChI=1S/C19H14BrClN2O3S/c20-14-6-4-7-15(12-14)22-19(24)13-5-3-8-16(11-13)27(25,26)23-18-10-2-1-9-17(18)21/h1-12,23H,(H,22,24). The fourth-order valence-corrected chi connectivity index (χ4v) is 4.09. The molecule has 3 aromatic rings. The molecule has 0 heterocycles. The summed E-state index contributed by atoms with van der Waals surface area (Å²) in [5.74, 6) is -0.414. The minimum atomic E-state index is -3.89. The summed E-state index contributed by atoms with van der Waals surface area (Å²) in [5.41, 5.74) is 1.08. The Morgan fingerprint density at radius 3 is 2.41 bits per heavy atom. The first-order valence-corrected chi connectivity index (χ1v) is 10.4. The molecule has 2 N–H and O–H groups in total. The topological polar surface area (TPSA) is 75.3 Å². The van der Waals surface area contributed by atoms with E-state index in [-0.39, 0.29) is 21.2 Å². The third kappa shape index (κ3) is 4.88. The minimum absolute atomic E-state index is 0.0377. The molecule has 0 saturated heterocycles. The van der Waals surface area contributed by atoms with Crippen LogP contribution in [-0.2, 0) is 10.0 Å². The van der Waals surface area contributed by atoms with Gasteiger partial charge in [0.15, 0.2) is 0 Å².